The predicted octanol–water partition coefficient (Wildman–Crippen LogP) is 0.747. The number of aliphatic hydroxyl groups is 1. The number of aromatic hydroxyl groups is 1. The summed E-state index contributed by atoms with van der Waals surface area (Å²) < 4.78 is 47.0. The number of benzene rings is 1. The number of hydrogen-bond acceptors (Lipinski definition) is 6. The van der Waals surface area contributed by atoms with Crippen molar-refractivity contribution in [2.75, 3.05) is 17.5 Å². The number of amides is 1. The highest BCUT2D eigenvalue weighted by Gasteiger charge is 2.39. The molecule has 3 rings (SSSR count). The Labute approximate surface area is 157 Å². The molecule has 2 aliphatic rings. The number of halogens is 1. The molecule has 1 aliphatic carbocycles. The molecular formula is C17H23FN2O6S. The Balaban J connectivity index is 1.81. The first-order valence-corrected chi connectivity index (χ1v) is 10.1. The molecule has 0 radical (unpaired) electrons. The first-order chi connectivity index (χ1) is 12.5. The highest BCUT2D eigenvalue weighted by atomic mass is 32.2. The van der Waals surface area contributed by atoms with Crippen molar-refractivity contribution in [3.05, 3.63) is 23.0 Å². The van der Waals surface area contributed by atoms with Crippen molar-refractivity contribution in [3.8, 4) is 5.75 Å². The molecule has 27 heavy (non-hydrogen) atoms. The fraction of sp³-hybridized carbons (Fsp3) is 0.588. The highest BCUT2D eigenvalue weighted by molar-refractivity contribution is 7.92. The van der Waals surface area contributed by atoms with Crippen LogP contribution in [0, 0.1) is 5.82 Å². The summed E-state index contributed by atoms with van der Waals surface area (Å²) in [6.07, 6.45) is 1.50. The van der Waals surface area contributed by atoms with E-state index < -0.39 is 45.5 Å². The fourth-order valence-corrected chi connectivity index (χ4v) is 4.49. The molecule has 0 saturated carbocycles. The monoisotopic (exact) mass is 402 g/mol. The van der Waals surface area contributed by atoms with E-state index in [4.69, 9.17) is 4.74 Å². The number of hydrogen-bond donors (Lipinski definition) is 3. The minimum Gasteiger partial charge on any atom is -0.506 e. The van der Waals surface area contributed by atoms with Gasteiger partial charge in [-0.25, -0.2) is 13.4 Å². The Morgan fingerprint density at radius 1 is 1.44 bits per heavy atom. The predicted molar refractivity (Wildman–Crippen MR) is 95.2 cm³/mol. The summed E-state index contributed by atoms with van der Waals surface area (Å²) >= 11 is 0. The molecule has 0 spiro atoms. The van der Waals surface area contributed by atoms with Gasteiger partial charge in [-0.2, -0.15) is 8.42 Å². The first kappa shape index (κ1) is 19.8. The third-order valence-corrected chi connectivity index (χ3v) is 6.09. The number of anilines is 1. The number of fused-ring (bicyclic) bond motifs is 1. The van der Waals surface area contributed by atoms with Gasteiger partial charge in [0.15, 0.2) is 5.82 Å². The molecule has 1 aliphatic heterocycles. The third kappa shape index (κ3) is 4.17. The Kier molecular flexibility index (Phi) is 5.08. The van der Waals surface area contributed by atoms with Crippen LogP contribution in [0.3, 0.4) is 0 Å². The van der Waals surface area contributed by atoms with Crippen LogP contribution in [0.25, 0.3) is 0 Å². The van der Waals surface area contributed by atoms with Gasteiger partial charge in [0.2, 0.25) is 0 Å². The van der Waals surface area contributed by atoms with Gasteiger partial charge in [0.1, 0.15) is 18.0 Å². The summed E-state index contributed by atoms with van der Waals surface area (Å²) in [4.78, 5) is 11.4. The minimum absolute atomic E-state index is 0.178. The SMILES string of the molecule is CC(C)(O)CCOC1CCc2c(cc(O)c(N3CC(=O)NS3(=O)=O)c2F)C1. The quantitative estimate of drug-likeness (QED) is 0.669. The van der Waals surface area contributed by atoms with E-state index in [1.807, 2.05) is 0 Å². The lowest BCUT2D eigenvalue weighted by molar-refractivity contribution is -0.117. The number of ether oxygens (including phenoxy) is 1. The maximum absolute atomic E-state index is 15.0. The van der Waals surface area contributed by atoms with E-state index in [-0.39, 0.29) is 6.10 Å². The van der Waals surface area contributed by atoms with Crippen molar-refractivity contribution >= 4 is 21.8 Å². The van der Waals surface area contributed by atoms with Gasteiger partial charge in [-0.3, -0.25) is 4.79 Å². The second-order valence-corrected chi connectivity index (χ2v) is 9.13. The average Bonchev–Trinajstić information content (AvgIpc) is 2.78. The van der Waals surface area contributed by atoms with Gasteiger partial charge < -0.3 is 14.9 Å². The average molecular weight is 402 g/mol. The fourth-order valence-electron chi connectivity index (χ4n) is 3.32. The highest BCUT2D eigenvalue weighted by Crippen LogP contribution is 2.39. The van der Waals surface area contributed by atoms with Gasteiger partial charge in [-0.1, -0.05) is 0 Å². The largest absolute Gasteiger partial charge is 0.506 e. The Bertz CT molecular complexity index is 865. The molecule has 0 aromatic heterocycles. The Morgan fingerprint density at radius 3 is 2.74 bits per heavy atom. The van der Waals surface area contributed by atoms with Gasteiger partial charge in [0.05, 0.1) is 11.7 Å². The molecule has 1 amide bonds. The lowest BCUT2D eigenvalue weighted by Crippen LogP contribution is -2.31. The van der Waals surface area contributed by atoms with Crippen molar-refractivity contribution in [1.29, 1.82) is 0 Å². The van der Waals surface area contributed by atoms with Crippen molar-refractivity contribution in [2.45, 2.75) is 51.2 Å². The standard InChI is InChI=1S/C17H23FN2O6S/c1-17(2,23)5-6-26-11-3-4-12-10(7-11)8-13(21)16(15(12)18)20-9-14(22)19-27(20,24)25/h8,11,21,23H,3-7,9H2,1-2H3,(H,19,22). The number of nitrogens with one attached hydrogen (secondary N) is 1. The zero-order chi connectivity index (χ0) is 20.0. The molecule has 1 fully saturated rings. The topological polar surface area (TPSA) is 116 Å². The van der Waals surface area contributed by atoms with Crippen molar-refractivity contribution in [2.24, 2.45) is 0 Å². The number of carbonyl (C=O) groups excluding carboxylic acids is 1. The number of carbonyl (C=O) groups is 1. The summed E-state index contributed by atoms with van der Waals surface area (Å²) in [5.41, 5.74) is -0.476. The zero-order valence-corrected chi connectivity index (χ0v) is 16.0. The van der Waals surface area contributed by atoms with E-state index in [2.05, 4.69) is 0 Å². The Hall–Kier alpha value is -1.91. The second kappa shape index (κ2) is 6.92. The Morgan fingerprint density at radius 2 is 2.15 bits per heavy atom. The molecule has 1 aromatic carbocycles. The normalized spacial score (nSPS) is 21.9. The summed E-state index contributed by atoms with van der Waals surface area (Å²) in [6.45, 7) is 3.16. The van der Waals surface area contributed by atoms with Crippen molar-refractivity contribution in [3.63, 3.8) is 0 Å². The van der Waals surface area contributed by atoms with Crippen LogP contribution in [-0.2, 0) is 32.6 Å². The van der Waals surface area contributed by atoms with Gasteiger partial charge in [-0.05, 0) is 56.7 Å². The maximum atomic E-state index is 15.0. The maximum Gasteiger partial charge on any atom is 0.326 e. The molecule has 1 heterocycles. The first-order valence-electron chi connectivity index (χ1n) is 8.68. The van der Waals surface area contributed by atoms with E-state index in [0.29, 0.717) is 47.7 Å². The van der Waals surface area contributed by atoms with Gasteiger partial charge in [-0.15, -0.1) is 0 Å². The summed E-state index contributed by atoms with van der Waals surface area (Å²) in [5.74, 6) is -2.16. The lowest BCUT2D eigenvalue weighted by Gasteiger charge is -2.28. The van der Waals surface area contributed by atoms with Crippen LogP contribution in [0.2, 0.25) is 0 Å². The van der Waals surface area contributed by atoms with Crippen LogP contribution in [-0.4, -0.2) is 49.4 Å². The van der Waals surface area contributed by atoms with Gasteiger partial charge in [0, 0.05) is 6.61 Å². The van der Waals surface area contributed by atoms with Crippen LogP contribution in [0.4, 0.5) is 10.1 Å². The van der Waals surface area contributed by atoms with Gasteiger partial charge >= 0.3 is 10.2 Å². The molecule has 1 atom stereocenters. The number of phenolic OH excluding ortho intramolecular Hbond substituents is 1. The third-order valence-electron chi connectivity index (χ3n) is 4.71. The van der Waals surface area contributed by atoms with Gasteiger partial charge in [0.25, 0.3) is 5.91 Å². The molecule has 1 saturated heterocycles. The number of phenols is 1. The second-order valence-electron chi connectivity index (χ2n) is 7.53. The van der Waals surface area contributed by atoms with E-state index in [9.17, 15) is 27.8 Å². The lowest BCUT2D eigenvalue weighted by atomic mass is 9.88. The molecular weight excluding hydrogens is 379 g/mol. The molecule has 1 aromatic rings. The van der Waals surface area contributed by atoms with Crippen LogP contribution in [0.15, 0.2) is 6.07 Å². The molecule has 0 bridgehead atoms. The van der Waals surface area contributed by atoms with E-state index in [1.54, 1.807) is 18.6 Å². The van der Waals surface area contributed by atoms with Crippen LogP contribution in [0.5, 0.6) is 5.75 Å². The number of rotatable bonds is 5. The van der Waals surface area contributed by atoms with Crippen LogP contribution < -0.4 is 9.03 Å². The van der Waals surface area contributed by atoms with E-state index in [1.165, 1.54) is 6.07 Å². The minimum atomic E-state index is -4.21. The van der Waals surface area contributed by atoms with Crippen molar-refractivity contribution < 1.29 is 32.6 Å². The van der Waals surface area contributed by atoms with Crippen molar-refractivity contribution in [1.82, 2.24) is 4.72 Å². The molecule has 10 heteroatoms. The van der Waals surface area contributed by atoms with Crippen LogP contribution >= 0.6 is 0 Å². The van der Waals surface area contributed by atoms with E-state index >= 15 is 0 Å². The summed E-state index contributed by atoms with van der Waals surface area (Å²) in [7, 11) is -4.21. The zero-order valence-electron chi connectivity index (χ0n) is 15.2. The summed E-state index contributed by atoms with van der Waals surface area (Å²) in [5, 5.41) is 20.0. The van der Waals surface area contributed by atoms with Crippen LogP contribution in [0.1, 0.15) is 37.8 Å². The molecule has 8 nitrogen and oxygen atoms in total. The summed E-state index contributed by atoms with van der Waals surface area (Å²) in [6, 6.07) is 1.33. The molecule has 150 valence electrons. The molecule has 3 N–H and O–H groups in total. The number of nitrogens with zero attached hydrogens (tertiary/aromatic N) is 1. The molecule has 1 unspecified atom stereocenters. The smallest absolute Gasteiger partial charge is 0.326 e. The van der Waals surface area contributed by atoms with E-state index in [0.717, 1.165) is 0 Å².